The van der Waals surface area contributed by atoms with Gasteiger partial charge in [-0.1, -0.05) is 25.0 Å². The Morgan fingerprint density at radius 2 is 1.86 bits per heavy atom. The van der Waals surface area contributed by atoms with Gasteiger partial charge in [-0.3, -0.25) is 14.2 Å². The standard InChI is InChI=1S/C23H32N4O2/c28-22(24-14-7-17-26-15-5-1-2-6-16-26)13-12-21-25-20-9-4-3-8-19(20)23(29)27(21)18-10-11-18/h3-4,8-9,18H,1-2,5-7,10-17H2,(H,24,28). The summed E-state index contributed by atoms with van der Waals surface area (Å²) in [7, 11) is 0. The molecule has 1 saturated heterocycles. The first-order chi connectivity index (χ1) is 14.2. The lowest BCUT2D eigenvalue weighted by molar-refractivity contribution is -0.121. The van der Waals surface area contributed by atoms with Crippen molar-refractivity contribution >= 4 is 16.8 Å². The monoisotopic (exact) mass is 396 g/mol. The number of nitrogens with zero attached hydrogens (tertiary/aromatic N) is 3. The molecule has 0 atom stereocenters. The molecule has 1 aromatic carbocycles. The summed E-state index contributed by atoms with van der Waals surface area (Å²) < 4.78 is 1.83. The molecule has 1 saturated carbocycles. The van der Waals surface area contributed by atoms with Crippen LogP contribution in [0.4, 0.5) is 0 Å². The van der Waals surface area contributed by atoms with Gasteiger partial charge in [0.15, 0.2) is 0 Å². The Morgan fingerprint density at radius 1 is 1.10 bits per heavy atom. The molecule has 1 N–H and O–H groups in total. The van der Waals surface area contributed by atoms with E-state index in [-0.39, 0.29) is 17.5 Å². The topological polar surface area (TPSA) is 67.2 Å². The molecule has 0 unspecified atom stereocenters. The van der Waals surface area contributed by atoms with Crippen molar-refractivity contribution in [3.8, 4) is 0 Å². The second-order valence-corrected chi connectivity index (χ2v) is 8.41. The van der Waals surface area contributed by atoms with E-state index in [1.54, 1.807) is 0 Å². The smallest absolute Gasteiger partial charge is 0.261 e. The first-order valence-corrected chi connectivity index (χ1v) is 11.2. The highest BCUT2D eigenvalue weighted by Gasteiger charge is 2.28. The number of aromatic nitrogens is 2. The van der Waals surface area contributed by atoms with Crippen LogP contribution in [0.3, 0.4) is 0 Å². The molecule has 0 spiro atoms. The fourth-order valence-corrected chi connectivity index (χ4v) is 4.28. The molecule has 0 radical (unpaired) electrons. The number of hydrogen-bond acceptors (Lipinski definition) is 4. The first kappa shape index (κ1) is 20.1. The summed E-state index contributed by atoms with van der Waals surface area (Å²) >= 11 is 0. The number of nitrogens with one attached hydrogen (secondary N) is 1. The molecule has 2 heterocycles. The van der Waals surface area contributed by atoms with Crippen molar-refractivity contribution in [3.63, 3.8) is 0 Å². The molecule has 2 fully saturated rings. The zero-order chi connectivity index (χ0) is 20.1. The van der Waals surface area contributed by atoms with Gasteiger partial charge in [0.1, 0.15) is 5.82 Å². The summed E-state index contributed by atoms with van der Waals surface area (Å²) in [6, 6.07) is 7.75. The lowest BCUT2D eigenvalue weighted by Crippen LogP contribution is -2.31. The predicted molar refractivity (Wildman–Crippen MR) is 115 cm³/mol. The first-order valence-electron chi connectivity index (χ1n) is 11.2. The molecule has 6 heteroatoms. The summed E-state index contributed by atoms with van der Waals surface area (Å²) in [5.41, 5.74) is 0.758. The Balaban J connectivity index is 1.29. The number of rotatable bonds is 8. The number of carbonyl (C=O) groups is 1. The van der Waals surface area contributed by atoms with Gasteiger partial charge in [-0.05, 0) is 63.9 Å². The number of aryl methyl sites for hydroxylation is 1. The third-order valence-corrected chi connectivity index (χ3v) is 6.04. The van der Waals surface area contributed by atoms with Gasteiger partial charge in [0.05, 0.1) is 10.9 Å². The van der Waals surface area contributed by atoms with Gasteiger partial charge in [0.25, 0.3) is 5.56 Å². The Kier molecular flexibility index (Phi) is 6.60. The number of likely N-dealkylation sites (tertiary alicyclic amines) is 1. The molecule has 1 aliphatic carbocycles. The van der Waals surface area contributed by atoms with Crippen molar-refractivity contribution in [1.29, 1.82) is 0 Å². The Bertz CT molecular complexity index is 895. The summed E-state index contributed by atoms with van der Waals surface area (Å²) in [4.78, 5) is 32.4. The van der Waals surface area contributed by atoms with E-state index in [0.29, 0.717) is 18.2 Å². The number of fused-ring (bicyclic) bond motifs is 1. The highest BCUT2D eigenvalue weighted by atomic mass is 16.1. The van der Waals surface area contributed by atoms with Crippen molar-refractivity contribution in [2.24, 2.45) is 0 Å². The highest BCUT2D eigenvalue weighted by molar-refractivity contribution is 5.78. The number of benzene rings is 1. The zero-order valence-electron chi connectivity index (χ0n) is 17.2. The third kappa shape index (κ3) is 5.24. The SMILES string of the molecule is O=C(CCc1nc2ccccc2c(=O)n1C1CC1)NCCCN1CCCCCC1. The van der Waals surface area contributed by atoms with E-state index in [4.69, 9.17) is 4.98 Å². The Morgan fingerprint density at radius 3 is 2.62 bits per heavy atom. The Labute approximate surface area is 172 Å². The van der Waals surface area contributed by atoms with Crippen LogP contribution in [0, 0.1) is 0 Å². The normalized spacial score (nSPS) is 17.9. The predicted octanol–water partition coefficient (Wildman–Crippen LogP) is 3.05. The van der Waals surface area contributed by atoms with E-state index < -0.39 is 0 Å². The maximum absolute atomic E-state index is 12.9. The summed E-state index contributed by atoms with van der Waals surface area (Å²) in [6.45, 7) is 4.17. The minimum absolute atomic E-state index is 0.0333. The van der Waals surface area contributed by atoms with Crippen molar-refractivity contribution in [1.82, 2.24) is 19.8 Å². The van der Waals surface area contributed by atoms with Gasteiger partial charge >= 0.3 is 0 Å². The lowest BCUT2D eigenvalue weighted by Gasteiger charge is -2.19. The number of carbonyl (C=O) groups excluding carboxylic acids is 1. The maximum atomic E-state index is 12.9. The molecule has 1 amide bonds. The van der Waals surface area contributed by atoms with Crippen LogP contribution < -0.4 is 10.9 Å². The average molecular weight is 397 g/mol. The highest BCUT2D eigenvalue weighted by Crippen LogP contribution is 2.34. The van der Waals surface area contributed by atoms with Gasteiger partial charge in [-0.15, -0.1) is 0 Å². The van der Waals surface area contributed by atoms with Crippen LogP contribution >= 0.6 is 0 Å². The van der Waals surface area contributed by atoms with Crippen molar-refractivity contribution < 1.29 is 4.79 Å². The van der Waals surface area contributed by atoms with Crippen molar-refractivity contribution in [2.45, 2.75) is 63.8 Å². The van der Waals surface area contributed by atoms with Crippen LogP contribution in [0.5, 0.6) is 0 Å². The van der Waals surface area contributed by atoms with Crippen LogP contribution in [0.25, 0.3) is 10.9 Å². The number of hydrogen-bond donors (Lipinski definition) is 1. The molecule has 0 bridgehead atoms. The quantitative estimate of drug-likeness (QED) is 0.697. The molecule has 6 nitrogen and oxygen atoms in total. The van der Waals surface area contributed by atoms with Gasteiger partial charge in [-0.25, -0.2) is 4.98 Å². The third-order valence-electron chi connectivity index (χ3n) is 6.04. The van der Waals surface area contributed by atoms with Crippen LogP contribution in [-0.2, 0) is 11.2 Å². The van der Waals surface area contributed by atoms with Crippen LogP contribution in [0.1, 0.15) is 63.2 Å². The molecule has 4 rings (SSSR count). The zero-order valence-corrected chi connectivity index (χ0v) is 17.2. The largest absolute Gasteiger partial charge is 0.356 e. The fourth-order valence-electron chi connectivity index (χ4n) is 4.28. The molecule has 2 aromatic rings. The van der Waals surface area contributed by atoms with Crippen LogP contribution in [0.2, 0.25) is 0 Å². The van der Waals surface area contributed by atoms with E-state index in [9.17, 15) is 9.59 Å². The van der Waals surface area contributed by atoms with Gasteiger partial charge in [0.2, 0.25) is 5.91 Å². The van der Waals surface area contributed by atoms with E-state index in [0.717, 1.165) is 43.7 Å². The number of amides is 1. The summed E-state index contributed by atoms with van der Waals surface area (Å²) in [5.74, 6) is 0.793. The van der Waals surface area contributed by atoms with E-state index in [1.165, 1.54) is 38.8 Å². The van der Waals surface area contributed by atoms with Crippen LogP contribution in [0.15, 0.2) is 29.1 Å². The van der Waals surface area contributed by atoms with Gasteiger partial charge < -0.3 is 10.2 Å². The summed E-state index contributed by atoms with van der Waals surface area (Å²) in [5, 5.41) is 3.71. The van der Waals surface area contributed by atoms with Crippen LogP contribution in [-0.4, -0.2) is 46.5 Å². The molecule has 29 heavy (non-hydrogen) atoms. The molecule has 1 aromatic heterocycles. The fraction of sp³-hybridized carbons (Fsp3) is 0.609. The van der Waals surface area contributed by atoms with Crippen molar-refractivity contribution in [2.75, 3.05) is 26.2 Å². The minimum Gasteiger partial charge on any atom is -0.356 e. The molecule has 2 aliphatic rings. The molecule has 1 aliphatic heterocycles. The minimum atomic E-state index is 0.0333. The molecular formula is C23H32N4O2. The lowest BCUT2D eigenvalue weighted by atomic mass is 10.2. The maximum Gasteiger partial charge on any atom is 0.261 e. The van der Waals surface area contributed by atoms with E-state index >= 15 is 0 Å². The average Bonchev–Trinajstić information content (AvgIpc) is 3.57. The van der Waals surface area contributed by atoms with Crippen molar-refractivity contribution in [3.05, 3.63) is 40.4 Å². The molecular weight excluding hydrogens is 364 g/mol. The second kappa shape index (κ2) is 9.53. The van der Waals surface area contributed by atoms with E-state index in [2.05, 4.69) is 10.2 Å². The van der Waals surface area contributed by atoms with Gasteiger partial charge in [0, 0.05) is 25.4 Å². The second-order valence-electron chi connectivity index (χ2n) is 8.41. The Hall–Kier alpha value is -2.21. The number of para-hydroxylation sites is 1. The molecule has 156 valence electrons. The van der Waals surface area contributed by atoms with E-state index in [1.807, 2.05) is 28.8 Å². The van der Waals surface area contributed by atoms with Gasteiger partial charge in [-0.2, -0.15) is 0 Å². The summed E-state index contributed by atoms with van der Waals surface area (Å²) in [6.07, 6.45) is 9.22.